The summed E-state index contributed by atoms with van der Waals surface area (Å²) < 4.78 is 11.7. The predicted molar refractivity (Wildman–Crippen MR) is 194 cm³/mol. The van der Waals surface area contributed by atoms with Crippen LogP contribution >= 0.6 is 0 Å². The van der Waals surface area contributed by atoms with Crippen LogP contribution in [0, 0.1) is 0 Å². The molecule has 0 heterocycles. The summed E-state index contributed by atoms with van der Waals surface area (Å²) in [6.45, 7) is 0. The fourth-order valence-electron chi connectivity index (χ4n) is 7.06. The van der Waals surface area contributed by atoms with Crippen LogP contribution in [-0.2, 0) is 0 Å². The molecular formula is C44H32O2. The Balaban J connectivity index is 1.78. The van der Waals surface area contributed by atoms with E-state index in [-0.39, 0.29) is 0 Å². The number of methoxy groups -OCH3 is 2. The smallest absolute Gasteiger partial charge is 0.119 e. The molecule has 0 aromatic heterocycles. The van der Waals surface area contributed by atoms with Crippen LogP contribution < -0.4 is 9.47 Å². The second-order valence-corrected chi connectivity index (χ2v) is 11.5. The van der Waals surface area contributed by atoms with Crippen LogP contribution in [0.2, 0.25) is 0 Å². The lowest BCUT2D eigenvalue weighted by Gasteiger charge is -2.25. The lowest BCUT2D eigenvalue weighted by Crippen LogP contribution is -1.98. The molecule has 2 heteroatoms. The van der Waals surface area contributed by atoms with Gasteiger partial charge in [-0.3, -0.25) is 0 Å². The fraction of sp³-hybridized carbons (Fsp3) is 0.0455. The minimum atomic E-state index is 0.832. The van der Waals surface area contributed by atoms with E-state index < -0.39 is 0 Å². The average Bonchev–Trinajstić information content (AvgIpc) is 3.13. The highest BCUT2D eigenvalue weighted by Crippen LogP contribution is 2.54. The largest absolute Gasteiger partial charge is 0.497 e. The number of fused-ring (bicyclic) bond motifs is 3. The van der Waals surface area contributed by atoms with Crippen LogP contribution in [0.1, 0.15) is 0 Å². The van der Waals surface area contributed by atoms with Crippen molar-refractivity contribution in [1.82, 2.24) is 0 Å². The van der Waals surface area contributed by atoms with Gasteiger partial charge < -0.3 is 9.47 Å². The van der Waals surface area contributed by atoms with E-state index in [9.17, 15) is 0 Å². The van der Waals surface area contributed by atoms with Gasteiger partial charge in [0.2, 0.25) is 0 Å². The van der Waals surface area contributed by atoms with Crippen molar-refractivity contribution in [3.8, 4) is 56.0 Å². The molecule has 0 N–H and O–H groups in total. The van der Waals surface area contributed by atoms with E-state index in [1.54, 1.807) is 14.2 Å². The summed E-state index contributed by atoms with van der Waals surface area (Å²) in [5.41, 5.74) is 9.45. The molecule has 8 rings (SSSR count). The second kappa shape index (κ2) is 11.6. The summed E-state index contributed by atoms with van der Waals surface area (Å²) >= 11 is 0. The Morgan fingerprint density at radius 3 is 0.870 bits per heavy atom. The van der Waals surface area contributed by atoms with Gasteiger partial charge >= 0.3 is 0 Å². The third-order valence-corrected chi connectivity index (χ3v) is 9.03. The molecule has 2 nitrogen and oxygen atoms in total. The monoisotopic (exact) mass is 592 g/mol. The van der Waals surface area contributed by atoms with Crippen molar-refractivity contribution in [3.05, 3.63) is 158 Å². The maximum atomic E-state index is 5.86. The van der Waals surface area contributed by atoms with Crippen LogP contribution in [0.4, 0.5) is 0 Å². The Hall–Kier alpha value is -5.86. The van der Waals surface area contributed by atoms with Gasteiger partial charge in [0.25, 0.3) is 0 Å². The van der Waals surface area contributed by atoms with Crippen LogP contribution in [-0.4, -0.2) is 14.2 Å². The third-order valence-electron chi connectivity index (χ3n) is 9.03. The van der Waals surface area contributed by atoms with Gasteiger partial charge in [-0.05, 0) is 101 Å². The van der Waals surface area contributed by atoms with E-state index in [1.165, 1.54) is 54.9 Å². The summed E-state index contributed by atoms with van der Waals surface area (Å²) in [6.07, 6.45) is 0. The number of ether oxygens (including phenoxy) is 2. The van der Waals surface area contributed by atoms with Crippen LogP contribution in [0.25, 0.3) is 76.8 Å². The molecule has 220 valence electrons. The standard InChI is InChI=1S/C44H32O2/c1-45-33-23-25-35-37(27-33)41(31-19-11-5-12-20-31)43-40(30-17-9-4-10-18-30)36-26-24-34(46-2)28-38(36)42(32-21-13-6-14-22-32)44(43)39(35)29-15-7-3-8-16-29/h3-28H,1-2H3. The summed E-state index contributed by atoms with van der Waals surface area (Å²) in [5.74, 6) is 1.66. The van der Waals surface area contributed by atoms with Crippen molar-refractivity contribution in [1.29, 1.82) is 0 Å². The van der Waals surface area contributed by atoms with Gasteiger partial charge in [-0.25, -0.2) is 0 Å². The molecular weight excluding hydrogens is 560 g/mol. The van der Waals surface area contributed by atoms with Gasteiger partial charge in [-0.15, -0.1) is 0 Å². The molecule has 0 saturated carbocycles. The van der Waals surface area contributed by atoms with Gasteiger partial charge in [-0.2, -0.15) is 0 Å². The zero-order valence-electron chi connectivity index (χ0n) is 25.8. The molecule has 8 aromatic rings. The van der Waals surface area contributed by atoms with Gasteiger partial charge in [0, 0.05) is 0 Å². The van der Waals surface area contributed by atoms with Crippen LogP contribution in [0.5, 0.6) is 11.5 Å². The molecule has 0 saturated heterocycles. The topological polar surface area (TPSA) is 18.5 Å². The highest BCUT2D eigenvalue weighted by atomic mass is 16.5. The van der Waals surface area contributed by atoms with Crippen molar-refractivity contribution in [2.45, 2.75) is 0 Å². The van der Waals surface area contributed by atoms with Gasteiger partial charge in [0.15, 0.2) is 0 Å². The number of hydrogen-bond acceptors (Lipinski definition) is 2. The van der Waals surface area contributed by atoms with Gasteiger partial charge in [0.1, 0.15) is 11.5 Å². The molecule has 0 radical (unpaired) electrons. The van der Waals surface area contributed by atoms with E-state index in [2.05, 4.69) is 158 Å². The number of hydrogen-bond donors (Lipinski definition) is 0. The predicted octanol–water partition coefficient (Wildman–Crippen LogP) is 11.8. The average molecular weight is 593 g/mol. The maximum Gasteiger partial charge on any atom is 0.119 e. The Bertz CT molecular complexity index is 2170. The molecule has 0 aliphatic heterocycles. The first-order valence-corrected chi connectivity index (χ1v) is 15.6. The van der Waals surface area contributed by atoms with Crippen molar-refractivity contribution >= 4 is 32.3 Å². The van der Waals surface area contributed by atoms with Crippen molar-refractivity contribution in [2.75, 3.05) is 14.2 Å². The molecule has 0 aliphatic rings. The lowest BCUT2D eigenvalue weighted by atomic mass is 9.77. The zero-order valence-corrected chi connectivity index (χ0v) is 25.8. The highest BCUT2D eigenvalue weighted by Gasteiger charge is 2.26. The lowest BCUT2D eigenvalue weighted by molar-refractivity contribution is 0.415. The Labute approximate surface area is 269 Å². The summed E-state index contributed by atoms with van der Waals surface area (Å²) in [7, 11) is 3.48. The van der Waals surface area contributed by atoms with E-state index in [0.29, 0.717) is 0 Å². The minimum Gasteiger partial charge on any atom is -0.497 e. The van der Waals surface area contributed by atoms with E-state index >= 15 is 0 Å². The van der Waals surface area contributed by atoms with Crippen LogP contribution in [0.3, 0.4) is 0 Å². The second-order valence-electron chi connectivity index (χ2n) is 11.5. The van der Waals surface area contributed by atoms with Gasteiger partial charge in [-0.1, -0.05) is 133 Å². The van der Waals surface area contributed by atoms with Crippen LogP contribution in [0.15, 0.2) is 158 Å². The van der Waals surface area contributed by atoms with E-state index in [0.717, 1.165) is 33.4 Å². The zero-order chi connectivity index (χ0) is 31.0. The molecule has 0 bridgehead atoms. The fourth-order valence-corrected chi connectivity index (χ4v) is 7.06. The van der Waals surface area contributed by atoms with Crippen molar-refractivity contribution < 1.29 is 9.47 Å². The Morgan fingerprint density at radius 1 is 0.304 bits per heavy atom. The first-order chi connectivity index (χ1) is 22.8. The highest BCUT2D eigenvalue weighted by molar-refractivity contribution is 6.34. The van der Waals surface area contributed by atoms with E-state index in [1.807, 2.05) is 0 Å². The van der Waals surface area contributed by atoms with Crippen molar-refractivity contribution in [2.24, 2.45) is 0 Å². The normalized spacial score (nSPS) is 11.3. The quantitative estimate of drug-likeness (QED) is 0.179. The molecule has 0 amide bonds. The molecule has 0 unspecified atom stereocenters. The molecule has 0 atom stereocenters. The summed E-state index contributed by atoms with van der Waals surface area (Å²) in [5, 5.41) is 7.09. The van der Waals surface area contributed by atoms with E-state index in [4.69, 9.17) is 9.47 Å². The Kier molecular flexibility index (Phi) is 6.96. The first-order valence-electron chi connectivity index (χ1n) is 15.6. The van der Waals surface area contributed by atoms with Gasteiger partial charge in [0.05, 0.1) is 14.2 Å². The molecule has 0 fully saturated rings. The summed E-state index contributed by atoms with van der Waals surface area (Å²) in [4.78, 5) is 0. The minimum absolute atomic E-state index is 0.832. The first kappa shape index (κ1) is 27.7. The SMILES string of the molecule is COc1ccc2c(-c3ccccc3)c3c(-c4ccccc4)c4cc(OC)ccc4c(-c4ccccc4)c3c(-c3ccccc3)c2c1. The Morgan fingerprint density at radius 2 is 0.587 bits per heavy atom. The molecule has 0 aliphatic carbocycles. The molecule has 46 heavy (non-hydrogen) atoms. The number of rotatable bonds is 6. The summed E-state index contributed by atoms with van der Waals surface area (Å²) in [6, 6.07) is 56.3. The number of benzene rings is 8. The molecule has 0 spiro atoms. The molecule has 8 aromatic carbocycles. The van der Waals surface area contributed by atoms with Crippen molar-refractivity contribution in [3.63, 3.8) is 0 Å². The third kappa shape index (κ3) is 4.50. The maximum absolute atomic E-state index is 5.86.